The van der Waals surface area contributed by atoms with Gasteiger partial charge in [0.2, 0.25) is 0 Å². The number of aromatic nitrogens is 2. The minimum absolute atomic E-state index is 0.226. The molecule has 1 unspecified atom stereocenters. The molecule has 2 N–H and O–H groups in total. The molecule has 1 aromatic carbocycles. The first-order valence-corrected chi connectivity index (χ1v) is 8.24. The van der Waals surface area contributed by atoms with E-state index >= 15 is 0 Å². The maximum Gasteiger partial charge on any atom is 0.272 e. The Balaban J connectivity index is 1.50. The zero-order chi connectivity index (χ0) is 16.8. The van der Waals surface area contributed by atoms with E-state index in [2.05, 4.69) is 20.8 Å². The van der Waals surface area contributed by atoms with Gasteiger partial charge in [-0.3, -0.25) is 4.79 Å². The summed E-state index contributed by atoms with van der Waals surface area (Å²) in [6.07, 6.45) is 2.42. The van der Waals surface area contributed by atoms with Crippen LogP contribution in [0.5, 0.6) is 0 Å². The van der Waals surface area contributed by atoms with Gasteiger partial charge in [0.25, 0.3) is 5.91 Å². The second kappa shape index (κ2) is 7.88. The largest absolute Gasteiger partial charge is 0.376 e. The maximum absolute atomic E-state index is 12.2. The van der Waals surface area contributed by atoms with Gasteiger partial charge in [0.1, 0.15) is 5.82 Å². The second-order valence-electron chi connectivity index (χ2n) is 5.93. The lowest BCUT2D eigenvalue weighted by atomic mass is 10.1. The monoisotopic (exact) mass is 326 g/mol. The molecule has 6 heteroatoms. The molecule has 1 aliphatic rings. The summed E-state index contributed by atoms with van der Waals surface area (Å²) in [6, 6.07) is 11.4. The molecule has 1 fully saturated rings. The molecule has 3 rings (SSSR count). The fourth-order valence-corrected chi connectivity index (χ4v) is 2.65. The zero-order valence-corrected chi connectivity index (χ0v) is 13.8. The summed E-state index contributed by atoms with van der Waals surface area (Å²) in [5, 5.41) is 14.1. The van der Waals surface area contributed by atoms with Crippen LogP contribution in [0.3, 0.4) is 0 Å². The second-order valence-corrected chi connectivity index (χ2v) is 5.93. The van der Waals surface area contributed by atoms with Gasteiger partial charge < -0.3 is 15.4 Å². The van der Waals surface area contributed by atoms with Crippen molar-refractivity contribution in [2.75, 3.05) is 18.5 Å². The van der Waals surface area contributed by atoms with Gasteiger partial charge in [-0.15, -0.1) is 10.2 Å². The number of carbonyl (C=O) groups is 1. The molecule has 0 bridgehead atoms. The van der Waals surface area contributed by atoms with Crippen LogP contribution in [0.25, 0.3) is 0 Å². The average Bonchev–Trinajstić information content (AvgIpc) is 3.13. The molecule has 1 amide bonds. The summed E-state index contributed by atoms with van der Waals surface area (Å²) in [7, 11) is 0. The van der Waals surface area contributed by atoms with Crippen LogP contribution in [-0.2, 0) is 11.3 Å². The highest BCUT2D eigenvalue weighted by atomic mass is 16.5. The molecule has 24 heavy (non-hydrogen) atoms. The van der Waals surface area contributed by atoms with Crippen LogP contribution < -0.4 is 10.6 Å². The Bertz CT molecular complexity index is 682. The molecule has 0 aliphatic carbocycles. The van der Waals surface area contributed by atoms with Crippen LogP contribution in [0.4, 0.5) is 5.82 Å². The van der Waals surface area contributed by atoms with E-state index in [4.69, 9.17) is 4.74 Å². The van der Waals surface area contributed by atoms with E-state index in [9.17, 15) is 4.79 Å². The topological polar surface area (TPSA) is 76.1 Å². The Hall–Kier alpha value is -2.47. The Morgan fingerprint density at radius 1 is 1.25 bits per heavy atom. The lowest BCUT2D eigenvalue weighted by molar-refractivity contribution is 0.0945. The number of carbonyl (C=O) groups excluding carboxylic acids is 1. The van der Waals surface area contributed by atoms with E-state index in [1.165, 1.54) is 0 Å². The summed E-state index contributed by atoms with van der Waals surface area (Å²) in [5.41, 5.74) is 2.55. The average molecular weight is 326 g/mol. The fourth-order valence-electron chi connectivity index (χ4n) is 2.65. The van der Waals surface area contributed by atoms with Gasteiger partial charge in [0.05, 0.1) is 6.10 Å². The Morgan fingerprint density at radius 2 is 2.12 bits per heavy atom. The number of hydrogen-bond acceptors (Lipinski definition) is 5. The first-order chi connectivity index (χ1) is 11.7. The van der Waals surface area contributed by atoms with Crippen molar-refractivity contribution < 1.29 is 9.53 Å². The van der Waals surface area contributed by atoms with Gasteiger partial charge in [0.15, 0.2) is 5.69 Å². The van der Waals surface area contributed by atoms with E-state index in [1.807, 2.05) is 31.2 Å². The van der Waals surface area contributed by atoms with Crippen molar-refractivity contribution in [1.82, 2.24) is 15.5 Å². The van der Waals surface area contributed by atoms with Crippen LogP contribution in [0, 0.1) is 6.92 Å². The van der Waals surface area contributed by atoms with Crippen molar-refractivity contribution in [3.8, 4) is 0 Å². The van der Waals surface area contributed by atoms with Crippen LogP contribution in [0.15, 0.2) is 36.4 Å². The van der Waals surface area contributed by atoms with Crippen LogP contribution >= 0.6 is 0 Å². The SMILES string of the molecule is Cc1ccccc1CNC(=O)c1ccc(NCC2CCCO2)nn1. The summed E-state index contributed by atoms with van der Waals surface area (Å²) >= 11 is 0. The molecule has 1 atom stereocenters. The molecule has 0 saturated carbocycles. The molecule has 2 aromatic rings. The summed E-state index contributed by atoms with van der Waals surface area (Å²) in [4.78, 5) is 12.2. The van der Waals surface area contributed by atoms with Crippen LogP contribution in [0.2, 0.25) is 0 Å². The van der Waals surface area contributed by atoms with Crippen molar-refractivity contribution in [3.05, 3.63) is 53.2 Å². The highest BCUT2D eigenvalue weighted by Gasteiger charge is 2.15. The molecular weight excluding hydrogens is 304 g/mol. The Morgan fingerprint density at radius 3 is 2.83 bits per heavy atom. The number of amides is 1. The van der Waals surface area contributed by atoms with Gasteiger partial charge in [-0.25, -0.2) is 0 Å². The van der Waals surface area contributed by atoms with E-state index in [-0.39, 0.29) is 12.0 Å². The van der Waals surface area contributed by atoms with E-state index in [1.54, 1.807) is 12.1 Å². The van der Waals surface area contributed by atoms with Crippen LogP contribution in [0.1, 0.15) is 34.5 Å². The smallest absolute Gasteiger partial charge is 0.272 e. The third kappa shape index (κ3) is 4.29. The zero-order valence-electron chi connectivity index (χ0n) is 13.8. The Labute approximate surface area is 141 Å². The van der Waals surface area contributed by atoms with E-state index in [0.29, 0.717) is 24.6 Å². The fraction of sp³-hybridized carbons (Fsp3) is 0.389. The number of hydrogen-bond donors (Lipinski definition) is 2. The van der Waals surface area contributed by atoms with Gasteiger partial charge in [-0.05, 0) is 43.0 Å². The lowest BCUT2D eigenvalue weighted by Gasteiger charge is -2.11. The molecule has 0 spiro atoms. The Kier molecular flexibility index (Phi) is 5.38. The number of nitrogens with one attached hydrogen (secondary N) is 2. The van der Waals surface area contributed by atoms with Crippen molar-refractivity contribution in [2.45, 2.75) is 32.4 Å². The molecule has 126 valence electrons. The number of anilines is 1. The quantitative estimate of drug-likeness (QED) is 0.852. The molecule has 0 radical (unpaired) electrons. The molecule has 2 heterocycles. The van der Waals surface area contributed by atoms with Gasteiger partial charge in [-0.2, -0.15) is 0 Å². The number of rotatable bonds is 6. The summed E-state index contributed by atoms with van der Waals surface area (Å²) in [6.45, 7) is 4.05. The molecule has 6 nitrogen and oxygen atoms in total. The first-order valence-electron chi connectivity index (χ1n) is 8.24. The highest BCUT2D eigenvalue weighted by molar-refractivity contribution is 5.92. The number of ether oxygens (including phenoxy) is 1. The van der Waals surface area contributed by atoms with Crippen molar-refractivity contribution in [2.24, 2.45) is 0 Å². The molecule has 1 aliphatic heterocycles. The van der Waals surface area contributed by atoms with Crippen molar-refractivity contribution in [1.29, 1.82) is 0 Å². The standard InChI is InChI=1S/C18H22N4O2/c1-13-5-2-3-6-14(13)11-20-18(23)16-8-9-17(22-21-16)19-12-15-7-4-10-24-15/h2-3,5-6,8-9,15H,4,7,10-12H2,1H3,(H,19,22)(H,20,23). The van der Waals surface area contributed by atoms with Gasteiger partial charge >= 0.3 is 0 Å². The predicted octanol–water partition coefficient (Wildman–Crippen LogP) is 2.31. The van der Waals surface area contributed by atoms with Gasteiger partial charge in [0, 0.05) is 19.7 Å². The first kappa shape index (κ1) is 16.4. The normalized spacial score (nSPS) is 16.8. The number of aryl methyl sites for hydroxylation is 1. The molecule has 1 saturated heterocycles. The van der Waals surface area contributed by atoms with Crippen molar-refractivity contribution in [3.63, 3.8) is 0 Å². The lowest BCUT2D eigenvalue weighted by Crippen LogP contribution is -2.25. The number of benzene rings is 1. The van der Waals surface area contributed by atoms with Gasteiger partial charge in [-0.1, -0.05) is 24.3 Å². The molecule has 1 aromatic heterocycles. The van der Waals surface area contributed by atoms with Crippen molar-refractivity contribution >= 4 is 11.7 Å². The third-order valence-electron chi connectivity index (χ3n) is 4.13. The summed E-state index contributed by atoms with van der Waals surface area (Å²) in [5.74, 6) is 0.428. The highest BCUT2D eigenvalue weighted by Crippen LogP contribution is 2.13. The van der Waals surface area contributed by atoms with E-state index < -0.39 is 0 Å². The third-order valence-corrected chi connectivity index (χ3v) is 4.13. The molecular formula is C18H22N4O2. The minimum Gasteiger partial charge on any atom is -0.376 e. The minimum atomic E-state index is -0.226. The predicted molar refractivity (Wildman–Crippen MR) is 91.8 cm³/mol. The summed E-state index contributed by atoms with van der Waals surface area (Å²) < 4.78 is 5.55. The van der Waals surface area contributed by atoms with Crippen LogP contribution in [-0.4, -0.2) is 35.4 Å². The maximum atomic E-state index is 12.2. The number of nitrogens with zero attached hydrogens (tertiary/aromatic N) is 2. The van der Waals surface area contributed by atoms with E-state index in [0.717, 1.165) is 30.6 Å².